The molecule has 1 aliphatic rings. The normalized spacial score (nSPS) is 16.7. The lowest BCUT2D eigenvalue weighted by Gasteiger charge is -2.53. The van der Waals surface area contributed by atoms with Crippen molar-refractivity contribution in [3.8, 4) is 0 Å². The molecule has 0 spiro atoms. The van der Waals surface area contributed by atoms with Gasteiger partial charge in [0.2, 0.25) is 0 Å². The summed E-state index contributed by atoms with van der Waals surface area (Å²) in [6.07, 6.45) is -0.869. The molecule has 0 atom stereocenters. The average Bonchev–Trinajstić information content (AvgIpc) is 2.57. The number of alkyl carbamates (subject to hydrolysis) is 1. The van der Waals surface area contributed by atoms with Gasteiger partial charge in [0.15, 0.2) is 0 Å². The molecule has 0 bridgehead atoms. The Labute approximate surface area is 225 Å². The molecule has 6 nitrogen and oxygen atoms in total. The number of carbonyl (C=O) groups is 2. The first kappa shape index (κ1) is 31.0. The minimum Gasteiger partial charge on any atom is -0.444 e. The fourth-order valence-corrected chi connectivity index (χ4v) is 4.63. The van der Waals surface area contributed by atoms with E-state index in [-0.39, 0.29) is 22.3 Å². The van der Waals surface area contributed by atoms with Crippen molar-refractivity contribution >= 4 is 12.2 Å². The maximum absolute atomic E-state index is 13.2. The number of nitrogens with one attached hydrogen (secondary N) is 1. The van der Waals surface area contributed by atoms with E-state index in [1.807, 2.05) is 41.5 Å². The van der Waals surface area contributed by atoms with Crippen LogP contribution in [0.1, 0.15) is 126 Å². The second-order valence-electron chi connectivity index (χ2n) is 15.7. The molecule has 1 aliphatic heterocycles. The van der Waals surface area contributed by atoms with E-state index in [1.54, 1.807) is 4.90 Å². The second-order valence-corrected chi connectivity index (χ2v) is 15.7. The van der Waals surface area contributed by atoms with Crippen molar-refractivity contribution in [2.24, 2.45) is 0 Å². The molecule has 1 heterocycles. The number of nitrogens with zero attached hydrogens (tertiary/aromatic N) is 1. The number of rotatable bonds is 2. The topological polar surface area (TPSA) is 67.9 Å². The van der Waals surface area contributed by atoms with Crippen molar-refractivity contribution in [1.82, 2.24) is 10.2 Å². The van der Waals surface area contributed by atoms with E-state index in [0.29, 0.717) is 13.1 Å². The Morgan fingerprint density at radius 2 is 1.11 bits per heavy atom. The van der Waals surface area contributed by atoms with Crippen LogP contribution >= 0.6 is 0 Å². The predicted octanol–water partition coefficient (Wildman–Crippen LogP) is 7.55. The minimum absolute atomic E-state index is 0.0492. The van der Waals surface area contributed by atoms with Gasteiger partial charge in [-0.2, -0.15) is 0 Å². The fraction of sp³-hybridized carbons (Fsp3) is 0.742. The monoisotopic (exact) mass is 516 g/mol. The van der Waals surface area contributed by atoms with Crippen LogP contribution in [0.2, 0.25) is 0 Å². The molecule has 2 amide bonds. The van der Waals surface area contributed by atoms with Crippen molar-refractivity contribution in [2.75, 3.05) is 13.1 Å². The standard InChI is InChI=1S/C31H52N2O4/c1-26(2,3)20-16-21(27(4,5)6)23(22(17-20)28(7,8)9)31(32-24(34)36-29(10,11)12)18-33(19-31)25(35)37-30(13,14)15/h16-17H,18-19H2,1-15H3,(H,32,34). The molecule has 0 radical (unpaired) electrons. The molecule has 1 N–H and O–H groups in total. The summed E-state index contributed by atoms with van der Waals surface area (Å²) in [6.45, 7) is 31.7. The second kappa shape index (κ2) is 9.50. The van der Waals surface area contributed by atoms with Crippen LogP contribution in [-0.4, -0.2) is 41.4 Å². The molecule has 1 fully saturated rings. The van der Waals surface area contributed by atoms with Gasteiger partial charge in [0.1, 0.15) is 16.7 Å². The number of hydrogen-bond acceptors (Lipinski definition) is 4. The van der Waals surface area contributed by atoms with Crippen LogP contribution in [0.15, 0.2) is 12.1 Å². The summed E-state index contributed by atoms with van der Waals surface area (Å²) >= 11 is 0. The summed E-state index contributed by atoms with van der Waals surface area (Å²) in [7, 11) is 0. The number of ether oxygens (including phenoxy) is 2. The van der Waals surface area contributed by atoms with E-state index >= 15 is 0 Å². The van der Waals surface area contributed by atoms with Crippen LogP contribution in [0.3, 0.4) is 0 Å². The Morgan fingerprint density at radius 3 is 1.43 bits per heavy atom. The van der Waals surface area contributed by atoms with Gasteiger partial charge in [-0.15, -0.1) is 0 Å². The van der Waals surface area contributed by atoms with E-state index < -0.39 is 22.8 Å². The predicted molar refractivity (Wildman–Crippen MR) is 151 cm³/mol. The highest BCUT2D eigenvalue weighted by Crippen LogP contribution is 2.46. The molecule has 1 aromatic carbocycles. The molecule has 0 aromatic heterocycles. The average molecular weight is 517 g/mol. The minimum atomic E-state index is -0.805. The van der Waals surface area contributed by atoms with Crippen LogP contribution in [0, 0.1) is 0 Å². The Balaban J connectivity index is 2.80. The van der Waals surface area contributed by atoms with Crippen LogP contribution in [0.4, 0.5) is 9.59 Å². The largest absolute Gasteiger partial charge is 0.444 e. The first-order valence-electron chi connectivity index (χ1n) is 13.4. The molecule has 0 saturated carbocycles. The van der Waals surface area contributed by atoms with Crippen molar-refractivity contribution in [2.45, 2.75) is 137 Å². The van der Waals surface area contributed by atoms with Gasteiger partial charge in [-0.05, 0) is 80.0 Å². The van der Waals surface area contributed by atoms with E-state index in [9.17, 15) is 9.59 Å². The van der Waals surface area contributed by atoms with E-state index in [2.05, 4.69) is 79.8 Å². The third-order valence-corrected chi connectivity index (χ3v) is 6.41. The van der Waals surface area contributed by atoms with Crippen LogP contribution in [0.5, 0.6) is 0 Å². The third-order valence-electron chi connectivity index (χ3n) is 6.41. The quantitative estimate of drug-likeness (QED) is 0.441. The first-order chi connectivity index (χ1) is 16.3. The Morgan fingerprint density at radius 1 is 0.703 bits per heavy atom. The summed E-state index contributed by atoms with van der Waals surface area (Å²) in [5.41, 5.74) is 2.16. The smallest absolute Gasteiger partial charge is 0.410 e. The van der Waals surface area contributed by atoms with Crippen LogP contribution in [-0.2, 0) is 31.3 Å². The molecule has 210 valence electrons. The molecule has 6 heteroatoms. The van der Waals surface area contributed by atoms with Gasteiger partial charge >= 0.3 is 12.2 Å². The number of hydrogen-bond donors (Lipinski definition) is 1. The van der Waals surface area contributed by atoms with Crippen molar-refractivity contribution in [1.29, 1.82) is 0 Å². The van der Waals surface area contributed by atoms with Gasteiger partial charge < -0.3 is 19.7 Å². The number of carbonyl (C=O) groups excluding carboxylic acids is 2. The molecule has 2 rings (SSSR count). The molecule has 1 saturated heterocycles. The van der Waals surface area contributed by atoms with E-state index in [1.165, 1.54) is 16.7 Å². The fourth-order valence-electron chi connectivity index (χ4n) is 4.63. The molecule has 1 aromatic rings. The van der Waals surface area contributed by atoms with Crippen molar-refractivity contribution in [3.63, 3.8) is 0 Å². The van der Waals surface area contributed by atoms with Crippen molar-refractivity contribution < 1.29 is 19.1 Å². The lowest BCUT2D eigenvalue weighted by Crippen LogP contribution is -2.70. The zero-order chi connectivity index (χ0) is 29.0. The maximum Gasteiger partial charge on any atom is 0.410 e. The molecular formula is C31H52N2O4. The summed E-state index contributed by atoms with van der Waals surface area (Å²) in [6, 6.07) is 4.58. The summed E-state index contributed by atoms with van der Waals surface area (Å²) in [5, 5.41) is 3.22. The third kappa shape index (κ3) is 7.64. The van der Waals surface area contributed by atoms with Crippen LogP contribution in [0.25, 0.3) is 0 Å². The Bertz CT molecular complexity index is 981. The van der Waals surface area contributed by atoms with Gasteiger partial charge in [-0.3, -0.25) is 0 Å². The molecule has 0 unspecified atom stereocenters. The van der Waals surface area contributed by atoms with Crippen molar-refractivity contribution in [3.05, 3.63) is 34.4 Å². The summed E-state index contributed by atoms with van der Waals surface area (Å²) in [4.78, 5) is 27.9. The molecular weight excluding hydrogens is 464 g/mol. The van der Waals surface area contributed by atoms with Gasteiger partial charge in [-0.25, -0.2) is 9.59 Å². The number of amides is 2. The summed E-state index contributed by atoms with van der Waals surface area (Å²) in [5.74, 6) is 0. The number of likely N-dealkylation sites (tertiary alicyclic amines) is 1. The Kier molecular flexibility index (Phi) is 7.95. The highest BCUT2D eigenvalue weighted by Gasteiger charge is 2.53. The SMILES string of the molecule is CC(C)(C)OC(=O)NC1(c2c(C(C)(C)C)cc(C(C)(C)C)cc2C(C)(C)C)CN(C(=O)OC(C)(C)C)C1. The van der Waals surface area contributed by atoms with Crippen LogP contribution < -0.4 is 5.32 Å². The van der Waals surface area contributed by atoms with Gasteiger partial charge in [-0.1, -0.05) is 74.4 Å². The molecule has 37 heavy (non-hydrogen) atoms. The van der Waals surface area contributed by atoms with Gasteiger partial charge in [0.05, 0.1) is 13.1 Å². The zero-order valence-corrected chi connectivity index (χ0v) is 26.1. The van der Waals surface area contributed by atoms with E-state index in [0.717, 1.165) is 5.56 Å². The lowest BCUT2D eigenvalue weighted by atomic mass is 9.65. The maximum atomic E-state index is 13.2. The van der Waals surface area contributed by atoms with Gasteiger partial charge in [0.25, 0.3) is 0 Å². The molecule has 0 aliphatic carbocycles. The lowest BCUT2D eigenvalue weighted by molar-refractivity contribution is -0.0237. The first-order valence-corrected chi connectivity index (χ1v) is 13.4. The number of benzene rings is 1. The highest BCUT2D eigenvalue weighted by molar-refractivity contribution is 5.74. The summed E-state index contributed by atoms with van der Waals surface area (Å²) < 4.78 is 11.4. The highest BCUT2D eigenvalue weighted by atomic mass is 16.6. The Hall–Kier alpha value is -2.24. The zero-order valence-electron chi connectivity index (χ0n) is 26.1. The van der Waals surface area contributed by atoms with E-state index in [4.69, 9.17) is 9.47 Å². The van der Waals surface area contributed by atoms with Gasteiger partial charge in [0, 0.05) is 0 Å².